The molecule has 0 bridgehead atoms. The molecular weight excluding hydrogens is 414 g/mol. The van der Waals surface area contributed by atoms with Crippen LogP contribution in [0.5, 0.6) is 0 Å². The molecule has 0 atom stereocenters. The van der Waals surface area contributed by atoms with Crippen LogP contribution in [0.4, 0.5) is 11.6 Å². The lowest BCUT2D eigenvalue weighted by molar-refractivity contribution is -0.116. The average molecular weight is 450 g/mol. The Balaban J connectivity index is 1.65. The Bertz CT molecular complexity index is 986. The number of carbonyl (C=O) groups is 2. The molecule has 7 heteroatoms. The Morgan fingerprint density at radius 3 is 2.27 bits per heavy atom. The molecule has 0 radical (unpaired) electrons. The summed E-state index contributed by atoms with van der Waals surface area (Å²) in [5.74, 6) is 0.634. The highest BCUT2D eigenvalue weighted by Crippen LogP contribution is 2.25. The first kappa shape index (κ1) is 23.2. The fourth-order valence-electron chi connectivity index (χ4n) is 4.80. The van der Waals surface area contributed by atoms with Crippen molar-refractivity contribution in [3.63, 3.8) is 0 Å². The van der Waals surface area contributed by atoms with Gasteiger partial charge in [0.1, 0.15) is 5.69 Å². The normalized spacial score (nSPS) is 17.8. The second-order valence-electron chi connectivity index (χ2n) is 9.18. The fraction of sp³-hybridized carbons (Fsp3) is 0.538. The van der Waals surface area contributed by atoms with Crippen LogP contribution in [-0.4, -0.2) is 52.9 Å². The number of nitrogens with zero attached hydrogens (tertiary/aromatic N) is 5. The molecule has 1 saturated heterocycles. The molecular formula is C26H35N5O2. The van der Waals surface area contributed by atoms with Gasteiger partial charge < -0.3 is 14.7 Å². The first-order valence-corrected chi connectivity index (χ1v) is 12.3. The summed E-state index contributed by atoms with van der Waals surface area (Å²) in [6, 6.07) is 9.75. The summed E-state index contributed by atoms with van der Waals surface area (Å²) in [4.78, 5) is 41.3. The van der Waals surface area contributed by atoms with Crippen LogP contribution in [0.1, 0.15) is 73.6 Å². The van der Waals surface area contributed by atoms with E-state index in [0.717, 1.165) is 75.0 Å². The van der Waals surface area contributed by atoms with Crippen LogP contribution in [0.15, 0.2) is 30.3 Å². The van der Waals surface area contributed by atoms with Crippen molar-refractivity contribution in [3.8, 4) is 0 Å². The van der Waals surface area contributed by atoms with E-state index in [0.29, 0.717) is 31.3 Å². The maximum absolute atomic E-state index is 13.7. The number of rotatable bonds is 2. The predicted molar refractivity (Wildman–Crippen MR) is 131 cm³/mol. The number of benzene rings is 1. The van der Waals surface area contributed by atoms with Gasteiger partial charge in [-0.1, -0.05) is 37.5 Å². The van der Waals surface area contributed by atoms with E-state index >= 15 is 0 Å². The number of para-hydroxylation sites is 1. The van der Waals surface area contributed by atoms with Crippen molar-refractivity contribution in [3.05, 3.63) is 47.3 Å². The zero-order valence-electron chi connectivity index (χ0n) is 19.9. The van der Waals surface area contributed by atoms with Crippen molar-refractivity contribution in [2.24, 2.45) is 0 Å². The average Bonchev–Trinajstić information content (AvgIpc) is 3.33. The van der Waals surface area contributed by atoms with Crippen molar-refractivity contribution in [2.75, 3.05) is 36.0 Å². The molecule has 0 aliphatic carbocycles. The highest BCUT2D eigenvalue weighted by Gasteiger charge is 2.24. The molecule has 2 aliphatic rings. The molecule has 33 heavy (non-hydrogen) atoms. The molecule has 1 aromatic carbocycles. The summed E-state index contributed by atoms with van der Waals surface area (Å²) >= 11 is 0. The van der Waals surface area contributed by atoms with Crippen molar-refractivity contribution in [2.45, 2.75) is 65.3 Å². The molecule has 2 amide bonds. The molecule has 1 aromatic heterocycles. The molecule has 2 aromatic rings. The SMILES string of the molecule is CC(=O)N1CCCCCCCN(C(=O)c2cc(C)nc(N3CCCC3)n2)Cc2ccccc21. The van der Waals surface area contributed by atoms with Crippen LogP contribution in [0.25, 0.3) is 0 Å². The van der Waals surface area contributed by atoms with Crippen molar-refractivity contribution < 1.29 is 9.59 Å². The second kappa shape index (κ2) is 10.8. The minimum absolute atomic E-state index is 0.0408. The minimum Gasteiger partial charge on any atom is -0.341 e. The first-order valence-electron chi connectivity index (χ1n) is 12.3. The summed E-state index contributed by atoms with van der Waals surface area (Å²) in [7, 11) is 0. The van der Waals surface area contributed by atoms with Crippen LogP contribution in [-0.2, 0) is 11.3 Å². The standard InChI is InChI=1S/C26H35N5O2/c1-20-18-23(28-26(27-20)29-14-10-11-15-29)25(33)30-16-8-4-3-5-9-17-31(21(2)32)24-13-7-6-12-22(24)19-30/h6-7,12-13,18H,3-5,8-11,14-17,19H2,1-2H3. The molecule has 2 aliphatic heterocycles. The topological polar surface area (TPSA) is 69.6 Å². The molecule has 0 N–H and O–H groups in total. The molecule has 3 heterocycles. The van der Waals surface area contributed by atoms with Crippen molar-refractivity contribution in [1.82, 2.24) is 14.9 Å². The Hall–Kier alpha value is -2.96. The van der Waals surface area contributed by atoms with Gasteiger partial charge in [0, 0.05) is 51.0 Å². The van der Waals surface area contributed by atoms with Crippen LogP contribution in [0, 0.1) is 6.92 Å². The van der Waals surface area contributed by atoms with Gasteiger partial charge in [-0.15, -0.1) is 0 Å². The van der Waals surface area contributed by atoms with Gasteiger partial charge in [0.2, 0.25) is 11.9 Å². The summed E-state index contributed by atoms with van der Waals surface area (Å²) in [6.45, 7) is 7.27. The largest absolute Gasteiger partial charge is 0.341 e. The number of hydrogen-bond acceptors (Lipinski definition) is 5. The number of carbonyl (C=O) groups excluding carboxylic acids is 2. The van der Waals surface area contributed by atoms with Crippen molar-refractivity contribution >= 4 is 23.5 Å². The Morgan fingerprint density at radius 1 is 0.848 bits per heavy atom. The van der Waals surface area contributed by atoms with E-state index in [1.165, 1.54) is 0 Å². The third kappa shape index (κ3) is 5.70. The predicted octanol–water partition coefficient (Wildman–Crippen LogP) is 4.34. The molecule has 0 unspecified atom stereocenters. The molecule has 0 spiro atoms. The molecule has 4 rings (SSSR count). The maximum atomic E-state index is 13.7. The molecule has 7 nitrogen and oxygen atoms in total. The first-order chi connectivity index (χ1) is 16.0. The summed E-state index contributed by atoms with van der Waals surface area (Å²) in [5, 5.41) is 0. The summed E-state index contributed by atoms with van der Waals surface area (Å²) in [6.07, 6.45) is 7.51. The number of fused-ring (bicyclic) bond motifs is 1. The molecule has 176 valence electrons. The number of aromatic nitrogens is 2. The van der Waals surface area contributed by atoms with Gasteiger partial charge in [-0.05, 0) is 50.3 Å². The number of amides is 2. The van der Waals surface area contributed by atoms with Gasteiger partial charge >= 0.3 is 0 Å². The third-order valence-electron chi connectivity index (χ3n) is 6.57. The van der Waals surface area contributed by atoms with E-state index in [9.17, 15) is 9.59 Å². The summed E-state index contributed by atoms with van der Waals surface area (Å²) in [5.41, 5.74) is 3.16. The van der Waals surface area contributed by atoms with Gasteiger partial charge in [0.05, 0.1) is 0 Å². The monoisotopic (exact) mass is 449 g/mol. The minimum atomic E-state index is -0.0674. The Kier molecular flexibility index (Phi) is 7.57. The maximum Gasteiger partial charge on any atom is 0.272 e. The molecule has 0 saturated carbocycles. The highest BCUT2D eigenvalue weighted by molar-refractivity contribution is 5.94. The highest BCUT2D eigenvalue weighted by atomic mass is 16.2. The zero-order chi connectivity index (χ0) is 23.2. The van der Waals surface area contributed by atoms with Gasteiger partial charge in [-0.3, -0.25) is 9.59 Å². The lowest BCUT2D eigenvalue weighted by Crippen LogP contribution is -2.35. The third-order valence-corrected chi connectivity index (χ3v) is 6.57. The smallest absolute Gasteiger partial charge is 0.272 e. The fourth-order valence-corrected chi connectivity index (χ4v) is 4.80. The zero-order valence-corrected chi connectivity index (χ0v) is 19.9. The van der Waals surface area contributed by atoms with Gasteiger partial charge in [-0.25, -0.2) is 9.97 Å². The number of anilines is 2. The number of aryl methyl sites for hydroxylation is 1. The van der Waals surface area contributed by atoms with Crippen LogP contribution in [0.2, 0.25) is 0 Å². The van der Waals surface area contributed by atoms with E-state index in [2.05, 4.69) is 14.9 Å². The van der Waals surface area contributed by atoms with Crippen LogP contribution >= 0.6 is 0 Å². The van der Waals surface area contributed by atoms with Crippen LogP contribution < -0.4 is 9.80 Å². The van der Waals surface area contributed by atoms with E-state index < -0.39 is 0 Å². The summed E-state index contributed by atoms with van der Waals surface area (Å²) < 4.78 is 0. The Morgan fingerprint density at radius 2 is 1.52 bits per heavy atom. The second-order valence-corrected chi connectivity index (χ2v) is 9.18. The van der Waals surface area contributed by atoms with E-state index in [-0.39, 0.29) is 11.8 Å². The van der Waals surface area contributed by atoms with Gasteiger partial charge in [0.15, 0.2) is 0 Å². The van der Waals surface area contributed by atoms with E-state index in [4.69, 9.17) is 0 Å². The molecule has 1 fully saturated rings. The Labute approximate surface area is 196 Å². The van der Waals surface area contributed by atoms with Gasteiger partial charge in [-0.2, -0.15) is 0 Å². The quantitative estimate of drug-likeness (QED) is 0.682. The van der Waals surface area contributed by atoms with Crippen LogP contribution in [0.3, 0.4) is 0 Å². The lowest BCUT2D eigenvalue weighted by Gasteiger charge is -2.29. The number of hydrogen-bond donors (Lipinski definition) is 0. The lowest BCUT2D eigenvalue weighted by atomic mass is 10.1. The van der Waals surface area contributed by atoms with Crippen molar-refractivity contribution in [1.29, 1.82) is 0 Å². The van der Waals surface area contributed by atoms with Gasteiger partial charge in [0.25, 0.3) is 5.91 Å². The van der Waals surface area contributed by atoms with E-state index in [1.807, 2.05) is 41.0 Å². The van der Waals surface area contributed by atoms with E-state index in [1.54, 1.807) is 13.0 Å².